The van der Waals surface area contributed by atoms with Gasteiger partial charge in [0.1, 0.15) is 0 Å². The normalized spacial score (nSPS) is 19.1. The monoisotopic (exact) mass is 173 g/mol. The minimum Gasteiger partial charge on any atom is -0.0845 e. The van der Waals surface area contributed by atoms with Crippen molar-refractivity contribution < 1.29 is 0 Å². The molecule has 0 N–H and O–H groups in total. The Kier molecular flexibility index (Phi) is 5.87. The molecule has 0 spiro atoms. The first kappa shape index (κ1) is 10.0. The van der Waals surface area contributed by atoms with Crippen LogP contribution in [-0.4, -0.2) is 0 Å². The molecule has 0 heteroatoms. The Labute approximate surface area is 81.4 Å². The molecule has 1 rings (SSSR count). The summed E-state index contributed by atoms with van der Waals surface area (Å²) in [6.07, 6.45) is 24.0. The molecule has 0 nitrogen and oxygen atoms in total. The topological polar surface area (TPSA) is 0 Å². The number of allylic oxidation sites excluding steroid dienone is 8. The first-order valence-electron chi connectivity index (χ1n) is 5.02. The molecular formula is C13H17. The average Bonchev–Trinajstić information content (AvgIpc) is 2.18. The van der Waals surface area contributed by atoms with Gasteiger partial charge in [0.25, 0.3) is 0 Å². The zero-order valence-electron chi connectivity index (χ0n) is 8.08. The van der Waals surface area contributed by atoms with Gasteiger partial charge in [-0.3, -0.25) is 0 Å². The Balaban J connectivity index is 2.38. The summed E-state index contributed by atoms with van der Waals surface area (Å²) in [6, 6.07) is 0. The summed E-state index contributed by atoms with van der Waals surface area (Å²) in [6.45, 7) is 0. The predicted molar refractivity (Wildman–Crippen MR) is 58.3 cm³/mol. The Morgan fingerprint density at radius 1 is 0.846 bits per heavy atom. The van der Waals surface area contributed by atoms with Gasteiger partial charge in [0.15, 0.2) is 0 Å². The van der Waals surface area contributed by atoms with E-state index in [4.69, 9.17) is 0 Å². The third kappa shape index (κ3) is 6.15. The quantitative estimate of drug-likeness (QED) is 0.486. The molecule has 0 heterocycles. The highest BCUT2D eigenvalue weighted by molar-refractivity contribution is 5.05. The molecule has 1 aliphatic rings. The molecule has 0 saturated heterocycles. The zero-order chi connectivity index (χ0) is 9.19. The number of hydrogen-bond donors (Lipinski definition) is 0. The summed E-state index contributed by atoms with van der Waals surface area (Å²) in [5, 5.41) is 0. The SMILES string of the molecule is [C]1=CCCCC=CC=CCC=CC1. The van der Waals surface area contributed by atoms with Crippen molar-refractivity contribution in [3.63, 3.8) is 0 Å². The van der Waals surface area contributed by atoms with Crippen LogP contribution >= 0.6 is 0 Å². The average molecular weight is 173 g/mol. The summed E-state index contributed by atoms with van der Waals surface area (Å²) >= 11 is 0. The maximum atomic E-state index is 3.26. The fraction of sp³-hybridized carbons (Fsp3) is 0.385. The lowest BCUT2D eigenvalue weighted by Gasteiger charge is -1.88. The van der Waals surface area contributed by atoms with E-state index in [0.29, 0.717) is 0 Å². The molecule has 0 saturated carbocycles. The van der Waals surface area contributed by atoms with E-state index in [9.17, 15) is 0 Å². The highest BCUT2D eigenvalue weighted by atomic mass is 13.9. The van der Waals surface area contributed by atoms with Crippen LogP contribution in [0.2, 0.25) is 0 Å². The van der Waals surface area contributed by atoms with E-state index in [1.165, 1.54) is 12.8 Å². The van der Waals surface area contributed by atoms with E-state index in [1.54, 1.807) is 0 Å². The van der Waals surface area contributed by atoms with E-state index < -0.39 is 0 Å². The van der Waals surface area contributed by atoms with Crippen LogP contribution in [0.5, 0.6) is 0 Å². The summed E-state index contributed by atoms with van der Waals surface area (Å²) in [5.41, 5.74) is 0. The largest absolute Gasteiger partial charge is 0.0845 e. The van der Waals surface area contributed by atoms with Crippen molar-refractivity contribution >= 4 is 0 Å². The van der Waals surface area contributed by atoms with Gasteiger partial charge in [0, 0.05) is 0 Å². The van der Waals surface area contributed by atoms with Crippen molar-refractivity contribution in [3.05, 3.63) is 48.6 Å². The van der Waals surface area contributed by atoms with Crippen molar-refractivity contribution in [2.24, 2.45) is 0 Å². The van der Waals surface area contributed by atoms with Gasteiger partial charge >= 0.3 is 0 Å². The van der Waals surface area contributed by atoms with Crippen molar-refractivity contribution in [1.82, 2.24) is 0 Å². The van der Waals surface area contributed by atoms with E-state index >= 15 is 0 Å². The highest BCUT2D eigenvalue weighted by Crippen LogP contribution is 2.00. The number of hydrogen-bond acceptors (Lipinski definition) is 0. The van der Waals surface area contributed by atoms with Gasteiger partial charge in [-0.2, -0.15) is 0 Å². The second-order valence-corrected chi connectivity index (χ2v) is 3.11. The standard InChI is InChI=1S/C13H17/c1-2-4-6-8-10-12-13-11-9-7-5-3-1/h1-4,7,9,12H,5-6,8,10-11H2. The molecule has 0 bridgehead atoms. The molecule has 1 aliphatic carbocycles. The number of rotatable bonds is 0. The van der Waals surface area contributed by atoms with E-state index in [1.807, 2.05) is 0 Å². The first-order valence-corrected chi connectivity index (χ1v) is 5.02. The highest BCUT2D eigenvalue weighted by Gasteiger charge is 1.81. The Morgan fingerprint density at radius 3 is 2.77 bits per heavy atom. The van der Waals surface area contributed by atoms with Crippen LogP contribution in [-0.2, 0) is 0 Å². The fourth-order valence-electron chi connectivity index (χ4n) is 1.18. The molecular weight excluding hydrogens is 156 g/mol. The maximum absolute atomic E-state index is 3.26. The molecule has 1 radical (unpaired) electrons. The van der Waals surface area contributed by atoms with E-state index in [-0.39, 0.29) is 0 Å². The zero-order valence-corrected chi connectivity index (χ0v) is 8.08. The molecule has 0 aromatic rings. The molecule has 0 aromatic heterocycles. The lowest BCUT2D eigenvalue weighted by molar-refractivity contribution is 0.864. The van der Waals surface area contributed by atoms with Gasteiger partial charge in [-0.25, -0.2) is 0 Å². The minimum absolute atomic E-state index is 0.960. The van der Waals surface area contributed by atoms with Crippen molar-refractivity contribution in [3.8, 4) is 0 Å². The van der Waals surface area contributed by atoms with Crippen LogP contribution in [0, 0.1) is 6.08 Å². The van der Waals surface area contributed by atoms with Crippen LogP contribution in [0.1, 0.15) is 32.1 Å². The minimum atomic E-state index is 0.960. The van der Waals surface area contributed by atoms with Crippen LogP contribution in [0.15, 0.2) is 42.5 Å². The third-order valence-corrected chi connectivity index (χ3v) is 1.92. The van der Waals surface area contributed by atoms with Gasteiger partial charge in [-0.05, 0) is 38.2 Å². The summed E-state index contributed by atoms with van der Waals surface area (Å²) in [5.74, 6) is 0. The van der Waals surface area contributed by atoms with Gasteiger partial charge in [-0.15, -0.1) is 0 Å². The van der Waals surface area contributed by atoms with Crippen molar-refractivity contribution in [2.45, 2.75) is 32.1 Å². The van der Waals surface area contributed by atoms with Crippen LogP contribution < -0.4 is 0 Å². The van der Waals surface area contributed by atoms with Crippen molar-refractivity contribution in [1.29, 1.82) is 0 Å². The molecule has 0 amide bonds. The molecule has 13 heavy (non-hydrogen) atoms. The molecule has 0 unspecified atom stereocenters. The third-order valence-electron chi connectivity index (χ3n) is 1.92. The van der Waals surface area contributed by atoms with Crippen LogP contribution in [0.25, 0.3) is 0 Å². The van der Waals surface area contributed by atoms with Crippen LogP contribution in [0.4, 0.5) is 0 Å². The summed E-state index contributed by atoms with van der Waals surface area (Å²) in [7, 11) is 0. The van der Waals surface area contributed by atoms with E-state index in [0.717, 1.165) is 19.3 Å². The second kappa shape index (κ2) is 7.60. The summed E-state index contributed by atoms with van der Waals surface area (Å²) in [4.78, 5) is 0. The second-order valence-electron chi connectivity index (χ2n) is 3.11. The fourth-order valence-corrected chi connectivity index (χ4v) is 1.18. The van der Waals surface area contributed by atoms with Gasteiger partial charge in [-0.1, -0.05) is 42.5 Å². The lowest BCUT2D eigenvalue weighted by Crippen LogP contribution is -1.68. The lowest BCUT2D eigenvalue weighted by atomic mass is 10.2. The Bertz CT molecular complexity index is 216. The Hall–Kier alpha value is -1.04. The van der Waals surface area contributed by atoms with E-state index in [2.05, 4.69) is 48.6 Å². The first-order chi connectivity index (χ1) is 6.50. The smallest absolute Gasteiger partial charge is 0.00978 e. The van der Waals surface area contributed by atoms with Gasteiger partial charge in [0.2, 0.25) is 0 Å². The van der Waals surface area contributed by atoms with Crippen molar-refractivity contribution in [2.75, 3.05) is 0 Å². The van der Waals surface area contributed by atoms with Gasteiger partial charge in [0.05, 0.1) is 0 Å². The maximum Gasteiger partial charge on any atom is -0.00978 e. The molecule has 0 fully saturated rings. The molecule has 0 aliphatic heterocycles. The Morgan fingerprint density at radius 2 is 1.77 bits per heavy atom. The molecule has 69 valence electrons. The molecule has 0 atom stereocenters. The summed E-state index contributed by atoms with van der Waals surface area (Å²) < 4.78 is 0. The predicted octanol–water partition coefficient (Wildman–Crippen LogP) is 3.98. The molecule has 0 aromatic carbocycles. The van der Waals surface area contributed by atoms with Gasteiger partial charge < -0.3 is 0 Å². The van der Waals surface area contributed by atoms with Crippen LogP contribution in [0.3, 0.4) is 0 Å².